The van der Waals surface area contributed by atoms with Gasteiger partial charge in [0.15, 0.2) is 5.76 Å². The molecule has 0 unspecified atom stereocenters. The van der Waals surface area contributed by atoms with Gasteiger partial charge in [-0.15, -0.1) is 0 Å². The van der Waals surface area contributed by atoms with Crippen molar-refractivity contribution in [2.75, 3.05) is 39.4 Å². The Kier molecular flexibility index (Phi) is 6.88. The fraction of sp³-hybridized carbons (Fsp3) is 0.414. The highest BCUT2D eigenvalue weighted by atomic mass is 16.5. The lowest BCUT2D eigenvalue weighted by atomic mass is 9.94. The van der Waals surface area contributed by atoms with E-state index in [4.69, 9.17) is 4.74 Å². The topological polar surface area (TPSA) is 87.4 Å². The van der Waals surface area contributed by atoms with Gasteiger partial charge in [0, 0.05) is 32.4 Å². The zero-order chi connectivity index (χ0) is 26.3. The molecule has 3 aromatic rings. The Morgan fingerprint density at radius 3 is 2.46 bits per heavy atom. The molecule has 37 heavy (non-hydrogen) atoms. The van der Waals surface area contributed by atoms with Crippen LogP contribution in [0.2, 0.25) is 0 Å². The molecule has 2 aromatic heterocycles. The Labute approximate surface area is 217 Å². The van der Waals surface area contributed by atoms with Crippen molar-refractivity contribution in [3.05, 3.63) is 76.2 Å². The maximum Gasteiger partial charge on any atom is 0.295 e. The van der Waals surface area contributed by atoms with Crippen LogP contribution in [0.5, 0.6) is 0 Å². The number of imidazole rings is 1. The Balaban J connectivity index is 1.62. The monoisotopic (exact) mass is 502 g/mol. The SMILES string of the molecule is Cc1nc2c(C)cccn2c1C(O)=C1C(=O)C(=O)N(CCN2CCOCC2)[C@H]1c1ccc(C(C)C)cc1. The zero-order valence-electron chi connectivity index (χ0n) is 21.9. The molecule has 1 N–H and O–H groups in total. The number of aliphatic hydroxyl groups is 1. The number of ether oxygens (including phenoxy) is 1. The van der Waals surface area contributed by atoms with Gasteiger partial charge in [0.2, 0.25) is 0 Å². The third-order valence-electron chi connectivity index (χ3n) is 7.46. The second-order valence-electron chi connectivity index (χ2n) is 10.2. The first kappa shape index (κ1) is 25.2. The summed E-state index contributed by atoms with van der Waals surface area (Å²) in [6.45, 7) is 11.9. The van der Waals surface area contributed by atoms with Crippen molar-refractivity contribution in [3.8, 4) is 0 Å². The fourth-order valence-corrected chi connectivity index (χ4v) is 5.32. The van der Waals surface area contributed by atoms with Gasteiger partial charge in [0.1, 0.15) is 11.3 Å². The van der Waals surface area contributed by atoms with Crippen LogP contribution in [0, 0.1) is 13.8 Å². The summed E-state index contributed by atoms with van der Waals surface area (Å²) in [6, 6.07) is 11.1. The van der Waals surface area contributed by atoms with Gasteiger partial charge in [0.05, 0.1) is 30.5 Å². The van der Waals surface area contributed by atoms with E-state index >= 15 is 0 Å². The molecule has 0 bridgehead atoms. The van der Waals surface area contributed by atoms with E-state index in [-0.39, 0.29) is 11.3 Å². The van der Waals surface area contributed by atoms with E-state index in [0.29, 0.717) is 49.3 Å². The number of carbonyl (C=O) groups is 2. The van der Waals surface area contributed by atoms with Crippen molar-refractivity contribution in [2.24, 2.45) is 0 Å². The zero-order valence-corrected chi connectivity index (χ0v) is 21.9. The van der Waals surface area contributed by atoms with E-state index in [9.17, 15) is 14.7 Å². The van der Waals surface area contributed by atoms with E-state index in [1.165, 1.54) is 5.56 Å². The van der Waals surface area contributed by atoms with Crippen molar-refractivity contribution in [2.45, 2.75) is 39.7 Å². The van der Waals surface area contributed by atoms with Crippen molar-refractivity contribution in [1.82, 2.24) is 19.2 Å². The first-order valence-corrected chi connectivity index (χ1v) is 12.9. The fourth-order valence-electron chi connectivity index (χ4n) is 5.32. The smallest absolute Gasteiger partial charge is 0.295 e. The molecule has 2 aliphatic heterocycles. The summed E-state index contributed by atoms with van der Waals surface area (Å²) in [5.74, 6) is -1.10. The lowest BCUT2D eigenvalue weighted by Crippen LogP contribution is -2.42. The molecule has 5 rings (SSSR count). The summed E-state index contributed by atoms with van der Waals surface area (Å²) in [5.41, 5.74) is 4.78. The molecular weight excluding hydrogens is 468 g/mol. The largest absolute Gasteiger partial charge is 0.505 e. The molecule has 0 spiro atoms. The van der Waals surface area contributed by atoms with E-state index in [1.54, 1.807) is 9.30 Å². The molecule has 0 aliphatic carbocycles. The number of likely N-dealkylation sites (tertiary alicyclic amines) is 1. The van der Waals surface area contributed by atoms with E-state index in [1.807, 2.05) is 56.4 Å². The van der Waals surface area contributed by atoms with E-state index < -0.39 is 17.7 Å². The normalized spacial score (nSPS) is 20.5. The Morgan fingerprint density at radius 2 is 1.78 bits per heavy atom. The first-order valence-electron chi connectivity index (χ1n) is 12.9. The number of benzene rings is 1. The van der Waals surface area contributed by atoms with Gasteiger partial charge < -0.3 is 14.7 Å². The molecule has 4 heterocycles. The highest BCUT2D eigenvalue weighted by molar-refractivity contribution is 6.46. The number of nitrogens with zero attached hydrogens (tertiary/aromatic N) is 4. The van der Waals surface area contributed by atoms with Crippen LogP contribution in [0.15, 0.2) is 48.2 Å². The second kappa shape index (κ2) is 10.1. The molecule has 194 valence electrons. The number of rotatable bonds is 6. The molecule has 2 fully saturated rings. The number of aromatic nitrogens is 2. The minimum atomic E-state index is -0.683. The summed E-state index contributed by atoms with van der Waals surface area (Å²) in [5, 5.41) is 11.7. The van der Waals surface area contributed by atoms with Crippen molar-refractivity contribution < 1.29 is 19.4 Å². The Morgan fingerprint density at radius 1 is 1.08 bits per heavy atom. The summed E-state index contributed by atoms with van der Waals surface area (Å²) in [4.78, 5) is 35.4. The molecule has 0 saturated carbocycles. The van der Waals surface area contributed by atoms with E-state index in [2.05, 4.69) is 23.7 Å². The predicted molar refractivity (Wildman–Crippen MR) is 141 cm³/mol. The minimum absolute atomic E-state index is 0.107. The number of amides is 1. The number of pyridine rings is 1. The molecular formula is C29H34N4O4. The minimum Gasteiger partial charge on any atom is -0.505 e. The summed E-state index contributed by atoms with van der Waals surface area (Å²) >= 11 is 0. The number of Topliss-reactive ketones (excluding diaryl/α,β-unsaturated/α-hetero) is 1. The van der Waals surface area contributed by atoms with E-state index in [0.717, 1.165) is 24.2 Å². The molecule has 1 amide bonds. The number of aryl methyl sites for hydroxylation is 2. The number of carbonyl (C=O) groups excluding carboxylic acids is 2. The third kappa shape index (κ3) is 4.55. The van der Waals surface area contributed by atoms with Crippen LogP contribution >= 0.6 is 0 Å². The molecule has 2 aliphatic rings. The van der Waals surface area contributed by atoms with Crippen LogP contribution in [0.4, 0.5) is 0 Å². The average Bonchev–Trinajstić information content (AvgIpc) is 3.37. The van der Waals surface area contributed by atoms with Crippen LogP contribution in [0.3, 0.4) is 0 Å². The highest BCUT2D eigenvalue weighted by Gasteiger charge is 2.46. The lowest BCUT2D eigenvalue weighted by Gasteiger charge is -2.31. The number of hydrogen-bond donors (Lipinski definition) is 1. The predicted octanol–water partition coefficient (Wildman–Crippen LogP) is 3.83. The number of hydrogen-bond acceptors (Lipinski definition) is 6. The Hall–Kier alpha value is -3.49. The second-order valence-corrected chi connectivity index (χ2v) is 10.2. The lowest BCUT2D eigenvalue weighted by molar-refractivity contribution is -0.140. The number of fused-ring (bicyclic) bond motifs is 1. The molecule has 1 aromatic carbocycles. The van der Waals surface area contributed by atoms with Crippen LogP contribution < -0.4 is 0 Å². The number of aliphatic hydroxyl groups excluding tert-OH is 1. The van der Waals surface area contributed by atoms with Crippen LogP contribution in [-0.2, 0) is 14.3 Å². The maximum atomic E-state index is 13.5. The number of ketones is 1. The standard InChI is InChI=1S/C29H34N4O4/c1-18(2)21-7-9-22(10-8-21)25-23(26(34)24-20(4)30-28-19(3)6-5-11-32(24)28)27(35)29(36)33(25)13-12-31-14-16-37-17-15-31/h5-11,18,25,34H,12-17H2,1-4H3/t25-/m0/s1. The van der Waals surface area contributed by atoms with Gasteiger partial charge >= 0.3 is 0 Å². The average molecular weight is 503 g/mol. The first-order chi connectivity index (χ1) is 17.8. The van der Waals surface area contributed by atoms with Gasteiger partial charge in [-0.3, -0.25) is 18.9 Å². The van der Waals surface area contributed by atoms with Crippen molar-refractivity contribution >= 4 is 23.1 Å². The van der Waals surface area contributed by atoms with Crippen LogP contribution in [0.1, 0.15) is 53.9 Å². The maximum absolute atomic E-state index is 13.5. The van der Waals surface area contributed by atoms with Crippen LogP contribution in [-0.4, -0.2) is 75.4 Å². The number of morpholine rings is 1. The van der Waals surface area contributed by atoms with Gasteiger partial charge in [-0.1, -0.05) is 44.2 Å². The third-order valence-corrected chi connectivity index (χ3v) is 7.46. The van der Waals surface area contributed by atoms with Gasteiger partial charge in [-0.2, -0.15) is 0 Å². The molecule has 8 nitrogen and oxygen atoms in total. The summed E-state index contributed by atoms with van der Waals surface area (Å²) < 4.78 is 7.24. The van der Waals surface area contributed by atoms with Gasteiger partial charge in [0.25, 0.3) is 11.7 Å². The molecule has 2 saturated heterocycles. The van der Waals surface area contributed by atoms with Gasteiger partial charge in [-0.05, 0) is 42.5 Å². The summed E-state index contributed by atoms with van der Waals surface area (Å²) in [6.07, 6.45) is 1.82. The molecule has 1 atom stereocenters. The molecule has 0 radical (unpaired) electrons. The van der Waals surface area contributed by atoms with Crippen molar-refractivity contribution in [1.29, 1.82) is 0 Å². The Bertz CT molecular complexity index is 1370. The quantitative estimate of drug-likeness (QED) is 0.313. The van der Waals surface area contributed by atoms with Gasteiger partial charge in [-0.25, -0.2) is 4.98 Å². The highest BCUT2D eigenvalue weighted by Crippen LogP contribution is 2.40. The summed E-state index contributed by atoms with van der Waals surface area (Å²) in [7, 11) is 0. The molecule has 8 heteroatoms. The van der Waals surface area contributed by atoms with Crippen molar-refractivity contribution in [3.63, 3.8) is 0 Å². The van der Waals surface area contributed by atoms with Crippen LogP contribution in [0.25, 0.3) is 11.4 Å².